The second-order valence-electron chi connectivity index (χ2n) is 9.03. The number of likely N-dealkylation sites (tertiary alicyclic amines) is 1. The number of rotatable bonds is 3. The van der Waals surface area contributed by atoms with Gasteiger partial charge in [0.15, 0.2) is 0 Å². The van der Waals surface area contributed by atoms with E-state index in [0.717, 1.165) is 35.8 Å². The molecule has 1 aromatic heterocycles. The van der Waals surface area contributed by atoms with Crippen molar-refractivity contribution in [1.82, 2.24) is 20.0 Å². The number of carbonyl (C=O) groups excluding carboxylic acids is 2. The first-order chi connectivity index (χ1) is 13.2. The fraction of sp³-hybridized carbons (Fsp3) is 0.737. The monoisotopic (exact) mass is 392 g/mol. The van der Waals surface area contributed by atoms with Gasteiger partial charge in [0.2, 0.25) is 0 Å². The Morgan fingerprint density at radius 3 is 2.86 bits per heavy atom. The summed E-state index contributed by atoms with van der Waals surface area (Å²) < 4.78 is 11.0. The third-order valence-corrected chi connectivity index (χ3v) is 5.69. The normalized spacial score (nSPS) is 27.6. The molecule has 0 saturated carbocycles. The molecule has 2 bridgehead atoms. The van der Waals surface area contributed by atoms with Crippen molar-refractivity contribution in [2.45, 2.75) is 64.1 Å². The molecule has 3 fully saturated rings. The minimum Gasteiger partial charge on any atom is -0.444 e. The first kappa shape index (κ1) is 19.0. The van der Waals surface area contributed by atoms with E-state index in [-0.39, 0.29) is 24.2 Å². The summed E-state index contributed by atoms with van der Waals surface area (Å²) in [7, 11) is 0. The van der Waals surface area contributed by atoms with Gasteiger partial charge in [0.1, 0.15) is 17.1 Å². The fourth-order valence-corrected chi connectivity index (χ4v) is 4.32. The molecule has 28 heavy (non-hydrogen) atoms. The van der Waals surface area contributed by atoms with Crippen LogP contribution in [0.4, 0.5) is 9.59 Å². The summed E-state index contributed by atoms with van der Waals surface area (Å²) in [5, 5.41) is 14.8. The summed E-state index contributed by atoms with van der Waals surface area (Å²) >= 11 is 0. The van der Waals surface area contributed by atoms with Gasteiger partial charge >= 0.3 is 12.1 Å². The standard InChI is InChI=1S/C19H28N4O5/c1-19(2,3)27-18(25)21-7-6-12(10-21)8-14-9-15(20-28-14)16-5-4-13-11-22(16)17(24)23(13)26/h9,12-13,16,26H,4-8,10-11H2,1-3H3/t12?,13-,16+/m1/s1. The SMILES string of the molecule is CC(C)(C)OC(=O)N1CCC(Cc2cc([C@@H]3CC[C@@H]4CN3C(=O)N4O)no2)C1. The Morgan fingerprint density at radius 2 is 2.11 bits per heavy atom. The molecule has 1 N–H and O–H groups in total. The van der Waals surface area contributed by atoms with Crippen molar-refractivity contribution in [2.24, 2.45) is 5.92 Å². The number of nitrogens with zero attached hydrogens (tertiary/aromatic N) is 4. The first-order valence-electron chi connectivity index (χ1n) is 9.93. The average molecular weight is 392 g/mol. The van der Waals surface area contributed by atoms with Crippen LogP contribution in [0, 0.1) is 5.92 Å². The van der Waals surface area contributed by atoms with Crippen molar-refractivity contribution < 1.29 is 24.1 Å². The molecule has 3 aliphatic rings. The van der Waals surface area contributed by atoms with Gasteiger partial charge in [-0.2, -0.15) is 0 Å². The largest absolute Gasteiger partial charge is 0.444 e. The molecule has 4 rings (SSSR count). The highest BCUT2D eigenvalue weighted by molar-refractivity contribution is 5.76. The van der Waals surface area contributed by atoms with Crippen molar-refractivity contribution >= 4 is 12.1 Å². The summed E-state index contributed by atoms with van der Waals surface area (Å²) in [6.45, 7) is 7.43. The second-order valence-corrected chi connectivity index (χ2v) is 9.03. The summed E-state index contributed by atoms with van der Waals surface area (Å²) in [6.07, 6.45) is 2.83. The highest BCUT2D eigenvalue weighted by Crippen LogP contribution is 2.37. The molecular weight excluding hydrogens is 364 g/mol. The Kier molecular flexibility index (Phi) is 4.73. The maximum absolute atomic E-state index is 12.2. The van der Waals surface area contributed by atoms with Gasteiger partial charge < -0.3 is 19.1 Å². The molecule has 9 heteroatoms. The van der Waals surface area contributed by atoms with Gasteiger partial charge in [0, 0.05) is 32.1 Å². The van der Waals surface area contributed by atoms with E-state index in [4.69, 9.17) is 9.26 Å². The van der Waals surface area contributed by atoms with Crippen LogP contribution < -0.4 is 0 Å². The Labute approximate surface area is 164 Å². The molecule has 4 heterocycles. The lowest BCUT2D eigenvalue weighted by Crippen LogP contribution is -2.35. The Morgan fingerprint density at radius 1 is 1.32 bits per heavy atom. The maximum atomic E-state index is 12.2. The Hall–Kier alpha value is -2.29. The summed E-state index contributed by atoms with van der Waals surface area (Å²) in [5.41, 5.74) is 0.240. The molecule has 1 aromatic rings. The number of fused-ring (bicyclic) bond motifs is 2. The highest BCUT2D eigenvalue weighted by atomic mass is 16.6. The lowest BCUT2D eigenvalue weighted by atomic mass is 9.97. The number of ether oxygens (including phenoxy) is 1. The van der Waals surface area contributed by atoms with Crippen LogP contribution in [0.3, 0.4) is 0 Å². The van der Waals surface area contributed by atoms with E-state index in [1.54, 1.807) is 9.80 Å². The van der Waals surface area contributed by atoms with Gasteiger partial charge in [-0.05, 0) is 46.0 Å². The number of piperidine rings is 1. The van der Waals surface area contributed by atoms with Gasteiger partial charge in [-0.1, -0.05) is 5.16 Å². The van der Waals surface area contributed by atoms with Crippen LogP contribution in [-0.2, 0) is 11.2 Å². The van der Waals surface area contributed by atoms with E-state index in [0.29, 0.717) is 32.0 Å². The molecule has 154 valence electrons. The third kappa shape index (κ3) is 3.67. The molecular formula is C19H28N4O5. The minimum atomic E-state index is -0.495. The smallest absolute Gasteiger partial charge is 0.410 e. The quantitative estimate of drug-likeness (QED) is 0.794. The number of amides is 3. The van der Waals surface area contributed by atoms with Crippen LogP contribution in [0.5, 0.6) is 0 Å². The van der Waals surface area contributed by atoms with Crippen LogP contribution in [0.2, 0.25) is 0 Å². The zero-order valence-corrected chi connectivity index (χ0v) is 16.6. The van der Waals surface area contributed by atoms with Crippen molar-refractivity contribution in [2.75, 3.05) is 19.6 Å². The number of hydrogen-bond acceptors (Lipinski definition) is 6. The zero-order valence-electron chi connectivity index (χ0n) is 16.6. The highest BCUT2D eigenvalue weighted by Gasteiger charge is 2.45. The van der Waals surface area contributed by atoms with Crippen molar-refractivity contribution in [3.8, 4) is 0 Å². The Bertz CT molecular complexity index is 758. The number of aromatic nitrogens is 1. The van der Waals surface area contributed by atoms with E-state index in [1.165, 1.54) is 0 Å². The lowest BCUT2D eigenvalue weighted by Gasteiger charge is -2.28. The molecule has 3 aliphatic heterocycles. The topological polar surface area (TPSA) is 99.4 Å². The van der Waals surface area contributed by atoms with E-state index in [1.807, 2.05) is 26.8 Å². The van der Waals surface area contributed by atoms with Crippen LogP contribution in [0.25, 0.3) is 0 Å². The van der Waals surface area contributed by atoms with Gasteiger partial charge in [0.25, 0.3) is 0 Å². The van der Waals surface area contributed by atoms with E-state index >= 15 is 0 Å². The van der Waals surface area contributed by atoms with E-state index in [2.05, 4.69) is 5.16 Å². The number of hydrogen-bond donors (Lipinski definition) is 1. The van der Waals surface area contributed by atoms with Crippen molar-refractivity contribution in [3.05, 3.63) is 17.5 Å². The fourth-order valence-electron chi connectivity index (χ4n) is 4.32. The number of hydroxylamine groups is 2. The van der Waals surface area contributed by atoms with E-state index in [9.17, 15) is 14.8 Å². The molecule has 0 aromatic carbocycles. The van der Waals surface area contributed by atoms with E-state index < -0.39 is 5.60 Å². The van der Waals surface area contributed by atoms with Crippen molar-refractivity contribution in [1.29, 1.82) is 0 Å². The van der Waals surface area contributed by atoms with Crippen LogP contribution >= 0.6 is 0 Å². The average Bonchev–Trinajstić information content (AvgIpc) is 3.32. The molecule has 0 radical (unpaired) electrons. The first-order valence-corrected chi connectivity index (χ1v) is 9.93. The zero-order chi connectivity index (χ0) is 20.1. The summed E-state index contributed by atoms with van der Waals surface area (Å²) in [5.74, 6) is 1.06. The molecule has 0 aliphatic carbocycles. The predicted octanol–water partition coefficient (Wildman–Crippen LogP) is 2.80. The number of urea groups is 1. The second kappa shape index (κ2) is 6.95. The third-order valence-electron chi connectivity index (χ3n) is 5.69. The van der Waals surface area contributed by atoms with Gasteiger partial charge in [-0.25, -0.2) is 14.7 Å². The van der Waals surface area contributed by atoms with Crippen LogP contribution in [-0.4, -0.2) is 68.6 Å². The Balaban J connectivity index is 1.35. The molecule has 3 amide bonds. The molecule has 3 saturated heterocycles. The molecule has 9 nitrogen and oxygen atoms in total. The minimum absolute atomic E-state index is 0.118. The van der Waals surface area contributed by atoms with Crippen molar-refractivity contribution in [3.63, 3.8) is 0 Å². The van der Waals surface area contributed by atoms with Gasteiger partial charge in [-0.3, -0.25) is 5.21 Å². The summed E-state index contributed by atoms with van der Waals surface area (Å²) in [6, 6.07) is 1.28. The van der Waals surface area contributed by atoms with Gasteiger partial charge in [0.05, 0.1) is 12.1 Å². The maximum Gasteiger partial charge on any atom is 0.410 e. The lowest BCUT2D eigenvalue weighted by molar-refractivity contribution is -0.0584. The molecule has 3 atom stereocenters. The van der Waals surface area contributed by atoms with Crippen LogP contribution in [0.15, 0.2) is 10.6 Å². The molecule has 1 unspecified atom stereocenters. The number of carbonyl (C=O) groups is 2. The van der Waals surface area contributed by atoms with Gasteiger partial charge in [-0.15, -0.1) is 0 Å². The predicted molar refractivity (Wildman–Crippen MR) is 97.6 cm³/mol. The summed E-state index contributed by atoms with van der Waals surface area (Å²) in [4.78, 5) is 27.8. The molecule has 0 spiro atoms. The van der Waals surface area contributed by atoms with Crippen LogP contribution in [0.1, 0.15) is 57.5 Å².